The Morgan fingerprint density at radius 1 is 0.892 bits per heavy atom. The summed E-state index contributed by atoms with van der Waals surface area (Å²) < 4.78 is 51.6. The molecule has 0 N–H and O–H groups in total. The Hall–Kier alpha value is -3.81. The molecule has 0 spiro atoms. The average Bonchev–Trinajstić information content (AvgIpc) is 2.86. The zero-order chi connectivity index (χ0) is 27.0. The number of nitrogens with zero attached hydrogens (tertiary/aromatic N) is 1. The van der Waals surface area contributed by atoms with Crippen LogP contribution in [0.25, 0.3) is 11.1 Å². The summed E-state index contributed by atoms with van der Waals surface area (Å²) in [4.78, 5) is 26.3. The van der Waals surface area contributed by atoms with E-state index in [0.29, 0.717) is 23.2 Å². The third-order valence-electron chi connectivity index (χ3n) is 5.75. The van der Waals surface area contributed by atoms with Crippen molar-refractivity contribution in [3.05, 3.63) is 94.5 Å². The molecular weight excluding hydrogens is 483 g/mol. The number of ether oxygens (including phenoxy) is 2. The Morgan fingerprint density at radius 2 is 1.62 bits per heavy atom. The predicted octanol–water partition coefficient (Wildman–Crippen LogP) is 6.95. The zero-order valence-electron chi connectivity index (χ0n) is 21.1. The summed E-state index contributed by atoms with van der Waals surface area (Å²) in [5, 5.41) is 0. The van der Waals surface area contributed by atoms with Gasteiger partial charge in [-0.05, 0) is 60.7 Å². The molecule has 3 aromatic carbocycles. The van der Waals surface area contributed by atoms with Gasteiger partial charge in [-0.3, -0.25) is 4.79 Å². The Labute approximate surface area is 214 Å². The third kappa shape index (κ3) is 7.84. The molecule has 0 aromatic heterocycles. The average molecular weight is 514 g/mol. The van der Waals surface area contributed by atoms with Crippen LogP contribution in [0.4, 0.5) is 18.0 Å². The van der Waals surface area contributed by atoms with Gasteiger partial charge >= 0.3 is 18.2 Å². The van der Waals surface area contributed by atoms with Gasteiger partial charge in [0.25, 0.3) is 0 Å². The highest BCUT2D eigenvalue weighted by molar-refractivity contribution is 5.76. The van der Waals surface area contributed by atoms with E-state index in [1.807, 2.05) is 43.3 Å². The van der Waals surface area contributed by atoms with Gasteiger partial charge in [0.05, 0.1) is 18.6 Å². The molecule has 0 saturated carbocycles. The molecular formula is C29H30F3NO4. The van der Waals surface area contributed by atoms with E-state index in [1.54, 1.807) is 32.0 Å². The van der Waals surface area contributed by atoms with E-state index in [-0.39, 0.29) is 31.7 Å². The van der Waals surface area contributed by atoms with Gasteiger partial charge < -0.3 is 14.4 Å². The van der Waals surface area contributed by atoms with Crippen molar-refractivity contribution in [2.75, 3.05) is 13.2 Å². The first-order valence-electron chi connectivity index (χ1n) is 12.0. The third-order valence-corrected chi connectivity index (χ3v) is 5.75. The van der Waals surface area contributed by atoms with Gasteiger partial charge in [0.1, 0.15) is 6.61 Å². The fourth-order valence-corrected chi connectivity index (χ4v) is 3.95. The molecule has 0 aliphatic carbocycles. The maximum absolute atomic E-state index is 13.7. The van der Waals surface area contributed by atoms with E-state index in [9.17, 15) is 22.8 Å². The zero-order valence-corrected chi connectivity index (χ0v) is 21.1. The number of carbonyl (C=O) groups excluding carboxylic acids is 2. The number of hydrogen-bond donors (Lipinski definition) is 0. The normalized spacial score (nSPS) is 11.2. The molecule has 5 nitrogen and oxygen atoms in total. The molecule has 1 amide bonds. The minimum absolute atomic E-state index is 0.113. The van der Waals surface area contributed by atoms with Crippen LogP contribution >= 0.6 is 0 Å². The highest BCUT2D eigenvalue weighted by atomic mass is 19.4. The lowest BCUT2D eigenvalue weighted by Gasteiger charge is -2.23. The fourth-order valence-electron chi connectivity index (χ4n) is 3.95. The van der Waals surface area contributed by atoms with Crippen LogP contribution in [0.5, 0.6) is 0 Å². The quantitative estimate of drug-likeness (QED) is 0.291. The molecule has 0 atom stereocenters. The number of amides is 1. The number of hydrogen-bond acceptors (Lipinski definition) is 4. The Morgan fingerprint density at radius 3 is 2.27 bits per heavy atom. The molecule has 0 fully saturated rings. The molecule has 8 heteroatoms. The van der Waals surface area contributed by atoms with Crippen LogP contribution in [0.2, 0.25) is 0 Å². The summed E-state index contributed by atoms with van der Waals surface area (Å²) in [6, 6.07) is 18.2. The van der Waals surface area contributed by atoms with Gasteiger partial charge in [0.15, 0.2) is 0 Å². The topological polar surface area (TPSA) is 55.8 Å². The molecule has 0 heterocycles. The highest BCUT2D eigenvalue weighted by Crippen LogP contribution is 2.35. The van der Waals surface area contributed by atoms with Crippen LogP contribution < -0.4 is 0 Å². The number of alkyl halides is 3. The van der Waals surface area contributed by atoms with Crippen molar-refractivity contribution in [1.29, 1.82) is 0 Å². The van der Waals surface area contributed by atoms with Crippen LogP contribution in [0, 0.1) is 6.92 Å². The minimum atomic E-state index is -4.60. The van der Waals surface area contributed by atoms with E-state index in [2.05, 4.69) is 0 Å². The van der Waals surface area contributed by atoms with E-state index >= 15 is 0 Å². The number of esters is 1. The smallest absolute Gasteiger partial charge is 0.416 e. The maximum atomic E-state index is 13.7. The second-order valence-electron chi connectivity index (χ2n) is 8.61. The van der Waals surface area contributed by atoms with Gasteiger partial charge in [-0.1, -0.05) is 60.2 Å². The standard InChI is InChI=1S/C29H30F3NO4/c1-4-33(28(35)37-19-21-9-7-6-8-10-21)18-24-13-20(3)11-12-26(24)23-14-22(16-27(34)36-5-2)15-25(17-23)29(30,31)32/h6-15,17H,4-5,16,18-19H2,1-3H3. The molecule has 0 bridgehead atoms. The molecule has 196 valence electrons. The lowest BCUT2D eigenvalue weighted by Crippen LogP contribution is -2.31. The second-order valence-corrected chi connectivity index (χ2v) is 8.61. The van der Waals surface area contributed by atoms with Crippen molar-refractivity contribution in [2.24, 2.45) is 0 Å². The first-order chi connectivity index (χ1) is 17.6. The summed E-state index contributed by atoms with van der Waals surface area (Å²) in [6.45, 7) is 6.05. The molecule has 0 saturated heterocycles. The Bertz CT molecular complexity index is 1230. The van der Waals surface area contributed by atoms with Gasteiger partial charge in [-0.15, -0.1) is 0 Å². The molecule has 0 aliphatic rings. The minimum Gasteiger partial charge on any atom is -0.466 e. The van der Waals surface area contributed by atoms with Crippen LogP contribution in [-0.2, 0) is 40.0 Å². The second kappa shape index (κ2) is 12.4. The number of carbonyl (C=O) groups is 2. The van der Waals surface area contributed by atoms with E-state index in [1.165, 1.54) is 4.90 Å². The first kappa shape index (κ1) is 27.8. The monoisotopic (exact) mass is 513 g/mol. The highest BCUT2D eigenvalue weighted by Gasteiger charge is 2.32. The van der Waals surface area contributed by atoms with E-state index < -0.39 is 23.8 Å². The summed E-state index contributed by atoms with van der Waals surface area (Å²) in [5.74, 6) is -0.602. The van der Waals surface area contributed by atoms with Crippen molar-refractivity contribution in [3.8, 4) is 11.1 Å². The van der Waals surface area contributed by atoms with Crippen molar-refractivity contribution >= 4 is 12.1 Å². The number of benzene rings is 3. The fraction of sp³-hybridized carbons (Fsp3) is 0.310. The van der Waals surface area contributed by atoms with Gasteiger partial charge in [0, 0.05) is 13.1 Å². The first-order valence-corrected chi connectivity index (χ1v) is 12.0. The van der Waals surface area contributed by atoms with Crippen LogP contribution in [-0.4, -0.2) is 30.1 Å². The SMILES string of the molecule is CCOC(=O)Cc1cc(-c2ccc(C)cc2CN(CC)C(=O)OCc2ccccc2)cc(C(F)(F)F)c1. The van der Waals surface area contributed by atoms with Gasteiger partial charge in [0.2, 0.25) is 0 Å². The number of aryl methyl sites for hydroxylation is 1. The van der Waals surface area contributed by atoms with Crippen molar-refractivity contribution in [3.63, 3.8) is 0 Å². The van der Waals surface area contributed by atoms with E-state index in [4.69, 9.17) is 9.47 Å². The van der Waals surface area contributed by atoms with Crippen molar-refractivity contribution < 1.29 is 32.2 Å². The van der Waals surface area contributed by atoms with Crippen molar-refractivity contribution in [2.45, 2.75) is 46.5 Å². The summed E-state index contributed by atoms with van der Waals surface area (Å²) >= 11 is 0. The van der Waals surface area contributed by atoms with Crippen molar-refractivity contribution in [1.82, 2.24) is 4.90 Å². The molecule has 3 aromatic rings. The lowest BCUT2D eigenvalue weighted by atomic mass is 9.93. The summed E-state index contributed by atoms with van der Waals surface area (Å²) in [7, 11) is 0. The van der Waals surface area contributed by atoms with Crippen LogP contribution in [0.3, 0.4) is 0 Å². The van der Waals surface area contributed by atoms with Gasteiger partial charge in [-0.25, -0.2) is 4.79 Å². The summed E-state index contributed by atoms with van der Waals surface area (Å²) in [5.41, 5.74) is 2.59. The van der Waals surface area contributed by atoms with Crippen LogP contribution in [0.1, 0.15) is 41.7 Å². The molecule has 0 unspecified atom stereocenters. The lowest BCUT2D eigenvalue weighted by molar-refractivity contribution is -0.142. The maximum Gasteiger partial charge on any atom is 0.416 e. The Balaban J connectivity index is 1.93. The molecule has 0 radical (unpaired) electrons. The van der Waals surface area contributed by atoms with Gasteiger partial charge in [-0.2, -0.15) is 13.2 Å². The molecule has 0 aliphatic heterocycles. The molecule has 3 rings (SSSR count). The van der Waals surface area contributed by atoms with Crippen LogP contribution in [0.15, 0.2) is 66.7 Å². The summed E-state index contributed by atoms with van der Waals surface area (Å²) in [6.07, 6.45) is -5.40. The number of halogens is 3. The predicted molar refractivity (Wildman–Crippen MR) is 135 cm³/mol. The molecule has 37 heavy (non-hydrogen) atoms. The number of rotatable bonds is 9. The van der Waals surface area contributed by atoms with E-state index in [0.717, 1.165) is 23.3 Å². The Kier molecular flexibility index (Phi) is 9.33. The largest absolute Gasteiger partial charge is 0.466 e.